The topological polar surface area (TPSA) is 84.4 Å². The van der Waals surface area contributed by atoms with Crippen molar-refractivity contribution in [3.8, 4) is 0 Å². The molecule has 202 valence electrons. The molecule has 8 nitrogen and oxygen atoms in total. The van der Waals surface area contributed by atoms with Crippen LogP contribution >= 0.6 is 11.6 Å². The van der Waals surface area contributed by atoms with Gasteiger partial charge < -0.3 is 24.1 Å². The fourth-order valence-electron chi connectivity index (χ4n) is 4.26. The number of hydrogen-bond acceptors (Lipinski definition) is 7. The van der Waals surface area contributed by atoms with Gasteiger partial charge in [-0.3, -0.25) is 4.90 Å². The number of ether oxygens (including phenoxy) is 1. The molecule has 0 bridgehead atoms. The predicted octanol–water partition coefficient (Wildman–Crippen LogP) is 3.90. The maximum absolute atomic E-state index is 14.2. The van der Waals surface area contributed by atoms with Gasteiger partial charge in [-0.05, 0) is 73.1 Å². The average molecular weight is 536 g/mol. The lowest BCUT2D eigenvalue weighted by atomic mass is 9.82. The third-order valence-electron chi connectivity index (χ3n) is 6.68. The number of pyridine rings is 1. The van der Waals surface area contributed by atoms with Crippen molar-refractivity contribution in [1.29, 1.82) is 0 Å². The number of alkyl halides is 3. The van der Waals surface area contributed by atoms with Crippen LogP contribution < -0.4 is 5.59 Å². The molecule has 1 N–H and O–H groups in total. The fraction of sp³-hybridized carbons (Fsp3) is 0.739. The first-order chi connectivity index (χ1) is 16.2. The summed E-state index contributed by atoms with van der Waals surface area (Å²) < 4.78 is 60.0. The smallest absolute Gasteiger partial charge is 0.444 e. The number of nitrogens with zero attached hydrogens (tertiary/aromatic N) is 3. The van der Waals surface area contributed by atoms with Crippen LogP contribution in [0.2, 0.25) is 5.15 Å². The van der Waals surface area contributed by atoms with Gasteiger partial charge in [-0.1, -0.05) is 11.6 Å². The van der Waals surface area contributed by atoms with E-state index in [9.17, 15) is 23.1 Å². The molecule has 3 heterocycles. The van der Waals surface area contributed by atoms with Crippen LogP contribution in [0.3, 0.4) is 0 Å². The van der Waals surface area contributed by atoms with Crippen molar-refractivity contribution < 1.29 is 37.1 Å². The summed E-state index contributed by atoms with van der Waals surface area (Å²) in [4.78, 5) is 19.0. The van der Waals surface area contributed by atoms with Crippen molar-refractivity contribution in [2.75, 3.05) is 13.1 Å². The quantitative estimate of drug-likeness (QED) is 0.464. The SMILES string of the molecule is CC(O)N1[C@@H](c2cc(Cl)nc(B3OC(C)(C)C(C)(C)O3)c2)CN(C(=O)OC(C)(C)C)C[C@@H]1C(F)(F)F. The van der Waals surface area contributed by atoms with Crippen molar-refractivity contribution >= 4 is 30.4 Å². The van der Waals surface area contributed by atoms with Gasteiger partial charge >= 0.3 is 19.4 Å². The monoisotopic (exact) mass is 535 g/mol. The first kappa shape index (κ1) is 29.0. The molecular weight excluding hydrogens is 502 g/mol. The molecule has 3 atom stereocenters. The minimum atomic E-state index is -4.73. The molecule has 0 radical (unpaired) electrons. The summed E-state index contributed by atoms with van der Waals surface area (Å²) in [6.07, 6.45) is -7.09. The third kappa shape index (κ3) is 6.10. The highest BCUT2D eigenvalue weighted by molar-refractivity contribution is 6.61. The van der Waals surface area contributed by atoms with Gasteiger partial charge in [0.05, 0.1) is 22.8 Å². The zero-order valence-corrected chi connectivity index (χ0v) is 22.6. The van der Waals surface area contributed by atoms with E-state index < -0.39 is 61.0 Å². The summed E-state index contributed by atoms with van der Waals surface area (Å²) in [5.74, 6) is 0. The van der Waals surface area contributed by atoms with E-state index in [0.29, 0.717) is 5.56 Å². The molecule has 1 unspecified atom stereocenters. The van der Waals surface area contributed by atoms with Gasteiger partial charge in [0.1, 0.15) is 23.0 Å². The highest BCUT2D eigenvalue weighted by Crippen LogP contribution is 2.39. The molecule has 2 saturated heterocycles. The van der Waals surface area contributed by atoms with Crippen molar-refractivity contribution in [2.45, 2.75) is 96.7 Å². The van der Waals surface area contributed by atoms with Crippen LogP contribution in [-0.4, -0.2) is 81.4 Å². The zero-order valence-electron chi connectivity index (χ0n) is 21.8. The Labute approximate surface area is 215 Å². The van der Waals surface area contributed by atoms with E-state index in [0.717, 1.165) is 9.80 Å². The molecule has 1 aromatic heterocycles. The molecule has 1 aromatic rings. The predicted molar refractivity (Wildman–Crippen MR) is 129 cm³/mol. The van der Waals surface area contributed by atoms with E-state index in [1.54, 1.807) is 26.8 Å². The minimum absolute atomic E-state index is 0.0145. The van der Waals surface area contributed by atoms with Gasteiger partial charge in [0, 0.05) is 13.1 Å². The number of hydrogen-bond donors (Lipinski definition) is 1. The Morgan fingerprint density at radius 2 is 1.75 bits per heavy atom. The highest BCUT2D eigenvalue weighted by Gasteiger charge is 2.54. The molecule has 2 aliphatic heterocycles. The molecule has 0 aromatic carbocycles. The maximum atomic E-state index is 14.2. The van der Waals surface area contributed by atoms with Crippen LogP contribution in [0, 0.1) is 0 Å². The molecule has 2 fully saturated rings. The Hall–Kier alpha value is -1.60. The number of halogens is 4. The average Bonchev–Trinajstić information content (AvgIpc) is 2.91. The number of aliphatic hydroxyl groups is 1. The van der Waals surface area contributed by atoms with Crippen LogP contribution in [0.4, 0.5) is 18.0 Å². The second-order valence-electron chi connectivity index (χ2n) is 11.3. The van der Waals surface area contributed by atoms with Crippen molar-refractivity contribution in [3.63, 3.8) is 0 Å². The van der Waals surface area contributed by atoms with E-state index in [4.69, 9.17) is 25.6 Å². The minimum Gasteiger partial charge on any atom is -0.444 e. The number of amides is 1. The first-order valence-electron chi connectivity index (χ1n) is 11.7. The van der Waals surface area contributed by atoms with Gasteiger partial charge in [-0.2, -0.15) is 13.2 Å². The lowest BCUT2D eigenvalue weighted by Crippen LogP contribution is -2.63. The van der Waals surface area contributed by atoms with Crippen molar-refractivity contribution in [3.05, 3.63) is 22.8 Å². The number of piperazine rings is 1. The summed E-state index contributed by atoms with van der Waals surface area (Å²) in [5.41, 5.74) is -1.64. The van der Waals surface area contributed by atoms with Crippen LogP contribution in [0.5, 0.6) is 0 Å². The summed E-state index contributed by atoms with van der Waals surface area (Å²) in [5, 5.41) is 10.4. The second-order valence-corrected chi connectivity index (χ2v) is 11.7. The van der Waals surface area contributed by atoms with Gasteiger partial charge in [-0.25, -0.2) is 9.78 Å². The van der Waals surface area contributed by atoms with Crippen LogP contribution in [0.1, 0.15) is 67.0 Å². The lowest BCUT2D eigenvalue weighted by molar-refractivity contribution is -0.229. The fourth-order valence-corrected chi connectivity index (χ4v) is 4.48. The molecule has 0 saturated carbocycles. The van der Waals surface area contributed by atoms with Crippen molar-refractivity contribution in [1.82, 2.24) is 14.8 Å². The molecular formula is C23H34BClF3N3O5. The molecule has 1 amide bonds. The Balaban J connectivity index is 2.05. The molecule has 3 rings (SSSR count). The number of carbonyl (C=O) groups is 1. The number of rotatable bonds is 3. The number of aromatic nitrogens is 1. The zero-order chi connectivity index (χ0) is 27.4. The Kier molecular flexibility index (Phi) is 7.74. The largest absolute Gasteiger partial charge is 0.514 e. The van der Waals surface area contributed by atoms with Crippen molar-refractivity contribution in [2.24, 2.45) is 0 Å². The molecule has 2 aliphatic rings. The van der Waals surface area contributed by atoms with Gasteiger partial charge in [0.2, 0.25) is 0 Å². The van der Waals surface area contributed by atoms with E-state index in [1.807, 2.05) is 27.7 Å². The summed E-state index contributed by atoms with van der Waals surface area (Å²) >= 11 is 6.30. The summed E-state index contributed by atoms with van der Waals surface area (Å²) in [7, 11) is -0.906. The second kappa shape index (κ2) is 9.61. The van der Waals surface area contributed by atoms with Gasteiger partial charge in [-0.15, -0.1) is 0 Å². The maximum Gasteiger partial charge on any atom is 0.514 e. The van der Waals surface area contributed by atoms with Gasteiger partial charge in [0.25, 0.3) is 0 Å². The lowest BCUT2D eigenvalue weighted by Gasteiger charge is -2.48. The molecule has 0 spiro atoms. The van der Waals surface area contributed by atoms with E-state index in [2.05, 4.69) is 4.98 Å². The van der Waals surface area contributed by atoms with Crippen LogP contribution in [-0.2, 0) is 14.0 Å². The molecule has 13 heteroatoms. The van der Waals surface area contributed by atoms with Crippen LogP contribution in [0.25, 0.3) is 0 Å². The number of aliphatic hydroxyl groups excluding tert-OH is 1. The van der Waals surface area contributed by atoms with E-state index in [-0.39, 0.29) is 17.3 Å². The van der Waals surface area contributed by atoms with Gasteiger partial charge in [0.15, 0.2) is 0 Å². The normalized spacial score (nSPS) is 25.7. The highest BCUT2D eigenvalue weighted by atomic mass is 35.5. The Morgan fingerprint density at radius 1 is 1.19 bits per heavy atom. The Bertz CT molecular complexity index is 971. The summed E-state index contributed by atoms with van der Waals surface area (Å²) in [6, 6.07) is -0.252. The molecule has 0 aliphatic carbocycles. The Morgan fingerprint density at radius 3 is 2.22 bits per heavy atom. The molecule has 36 heavy (non-hydrogen) atoms. The van der Waals surface area contributed by atoms with Crippen LogP contribution in [0.15, 0.2) is 12.1 Å². The third-order valence-corrected chi connectivity index (χ3v) is 6.88. The first-order valence-corrected chi connectivity index (χ1v) is 12.1. The standard InChI is InChI=1S/C23H34BClF3N3O5/c1-13(32)31-15(11-30(12-16(31)23(26,27)28)19(33)34-20(2,3)4)14-9-17(29-18(25)10-14)24-35-21(5,6)22(7,8)36-24/h9-10,13,15-16,32H,11-12H2,1-8H3/t13?,15-,16-/m1/s1. The van der Waals surface area contributed by atoms with E-state index >= 15 is 0 Å². The van der Waals surface area contributed by atoms with E-state index in [1.165, 1.54) is 13.0 Å². The number of carbonyl (C=O) groups excluding carboxylic acids is 1. The summed E-state index contributed by atoms with van der Waals surface area (Å²) in [6.45, 7) is 12.7.